The van der Waals surface area contributed by atoms with Gasteiger partial charge in [0.05, 0.1) is 19.4 Å². The molecule has 10 heteroatoms. The Hall–Kier alpha value is -3.95. The van der Waals surface area contributed by atoms with Crippen molar-refractivity contribution in [3.05, 3.63) is 48.5 Å². The van der Waals surface area contributed by atoms with Crippen LogP contribution in [0.2, 0.25) is 0 Å². The first kappa shape index (κ1) is 20.3. The summed E-state index contributed by atoms with van der Waals surface area (Å²) < 4.78 is 10.5. The van der Waals surface area contributed by atoms with Gasteiger partial charge in [0.1, 0.15) is 18.0 Å². The van der Waals surface area contributed by atoms with E-state index in [9.17, 15) is 14.4 Å². The van der Waals surface area contributed by atoms with Crippen LogP contribution < -0.4 is 19.7 Å². The Bertz CT molecular complexity index is 1020. The number of hydrogen-bond acceptors (Lipinski definition) is 8. The van der Waals surface area contributed by atoms with E-state index in [1.165, 1.54) is 12.1 Å². The molecule has 1 N–H and O–H groups in total. The van der Waals surface area contributed by atoms with Gasteiger partial charge in [0.25, 0.3) is 11.8 Å². The molecule has 2 aliphatic rings. The Morgan fingerprint density at radius 2 is 1.71 bits per heavy atom. The number of anilines is 2. The SMILES string of the molecule is CCOc1ccc(NC(=O)CN2N=N[C@@H]3C(=O)N(c4ccc(OC)cc4)C(=O)[C@H]32)cc1. The first-order chi connectivity index (χ1) is 15.0. The van der Waals surface area contributed by atoms with E-state index in [2.05, 4.69) is 15.7 Å². The molecule has 0 unspecified atom stereocenters. The lowest BCUT2D eigenvalue weighted by atomic mass is 10.1. The fourth-order valence-corrected chi connectivity index (χ4v) is 3.49. The number of benzene rings is 2. The molecule has 160 valence electrons. The average Bonchev–Trinajstić information content (AvgIpc) is 3.29. The largest absolute Gasteiger partial charge is 0.497 e. The third-order valence-electron chi connectivity index (χ3n) is 4.94. The Morgan fingerprint density at radius 3 is 2.35 bits per heavy atom. The number of nitrogens with zero attached hydrogens (tertiary/aromatic N) is 4. The number of rotatable bonds is 7. The third kappa shape index (κ3) is 3.91. The Kier molecular flexibility index (Phi) is 5.52. The second kappa shape index (κ2) is 8.42. The zero-order valence-electron chi connectivity index (χ0n) is 17.0. The fourth-order valence-electron chi connectivity index (χ4n) is 3.49. The summed E-state index contributed by atoms with van der Waals surface area (Å²) in [5, 5.41) is 11.8. The topological polar surface area (TPSA) is 113 Å². The molecule has 4 rings (SSSR count). The Morgan fingerprint density at radius 1 is 1.03 bits per heavy atom. The summed E-state index contributed by atoms with van der Waals surface area (Å²) in [6, 6.07) is 11.6. The molecule has 0 aromatic heterocycles. The molecule has 0 spiro atoms. The van der Waals surface area contributed by atoms with E-state index < -0.39 is 23.9 Å². The van der Waals surface area contributed by atoms with Crippen LogP contribution in [0.25, 0.3) is 0 Å². The molecule has 3 amide bonds. The normalized spacial score (nSPS) is 19.5. The van der Waals surface area contributed by atoms with Crippen molar-refractivity contribution in [2.45, 2.75) is 19.0 Å². The zero-order valence-corrected chi connectivity index (χ0v) is 17.0. The van der Waals surface area contributed by atoms with Gasteiger partial charge in [-0.3, -0.25) is 19.4 Å². The van der Waals surface area contributed by atoms with Crippen LogP contribution in [0.5, 0.6) is 11.5 Å². The number of ether oxygens (including phenoxy) is 2. The molecule has 0 aliphatic carbocycles. The summed E-state index contributed by atoms with van der Waals surface area (Å²) in [6.45, 7) is 2.22. The molecular formula is C21H21N5O5. The highest BCUT2D eigenvalue weighted by molar-refractivity contribution is 6.25. The number of imide groups is 1. The quantitative estimate of drug-likeness (QED) is 0.682. The standard InChI is InChI=1S/C21H21N5O5/c1-3-31-16-8-4-13(5-9-16)22-17(27)12-25-19-18(23-24-25)20(28)26(21(19)29)14-6-10-15(30-2)11-7-14/h4-11,18-19H,3,12H2,1-2H3,(H,22,27)/t18-,19-/m0/s1. The highest BCUT2D eigenvalue weighted by atomic mass is 16.5. The molecule has 2 atom stereocenters. The van der Waals surface area contributed by atoms with Crippen LogP contribution in [0.15, 0.2) is 58.9 Å². The summed E-state index contributed by atoms with van der Waals surface area (Å²) in [7, 11) is 1.53. The van der Waals surface area contributed by atoms with Gasteiger partial charge in [0, 0.05) is 5.69 Å². The number of carbonyl (C=O) groups excluding carboxylic acids is 3. The number of hydrogen-bond donors (Lipinski definition) is 1. The van der Waals surface area contributed by atoms with Crippen molar-refractivity contribution in [3.8, 4) is 11.5 Å². The lowest BCUT2D eigenvalue weighted by Gasteiger charge is -2.20. The van der Waals surface area contributed by atoms with Gasteiger partial charge in [0.2, 0.25) is 5.91 Å². The van der Waals surface area contributed by atoms with Gasteiger partial charge >= 0.3 is 0 Å². The molecule has 0 bridgehead atoms. The van der Waals surface area contributed by atoms with Crippen molar-refractivity contribution in [1.82, 2.24) is 5.01 Å². The number of carbonyl (C=O) groups is 3. The minimum absolute atomic E-state index is 0.215. The molecule has 1 saturated heterocycles. The average molecular weight is 423 g/mol. The van der Waals surface area contributed by atoms with Crippen molar-refractivity contribution in [2.24, 2.45) is 10.3 Å². The van der Waals surface area contributed by atoms with Gasteiger partial charge in [-0.15, -0.1) is 0 Å². The van der Waals surface area contributed by atoms with E-state index in [4.69, 9.17) is 9.47 Å². The molecule has 0 radical (unpaired) electrons. The summed E-state index contributed by atoms with van der Waals surface area (Å²) in [4.78, 5) is 39.3. The fraction of sp³-hybridized carbons (Fsp3) is 0.286. The Labute approximate surface area is 178 Å². The van der Waals surface area contributed by atoms with E-state index >= 15 is 0 Å². The van der Waals surface area contributed by atoms with Crippen molar-refractivity contribution >= 4 is 29.1 Å². The third-order valence-corrected chi connectivity index (χ3v) is 4.94. The van der Waals surface area contributed by atoms with E-state index in [0.29, 0.717) is 29.5 Å². The van der Waals surface area contributed by atoms with Crippen LogP contribution in [0, 0.1) is 0 Å². The molecule has 31 heavy (non-hydrogen) atoms. The Balaban J connectivity index is 1.43. The van der Waals surface area contributed by atoms with E-state index in [-0.39, 0.29) is 12.5 Å². The molecule has 2 aliphatic heterocycles. The van der Waals surface area contributed by atoms with Crippen molar-refractivity contribution in [3.63, 3.8) is 0 Å². The lowest BCUT2D eigenvalue weighted by molar-refractivity contribution is -0.123. The number of fused-ring (bicyclic) bond motifs is 1. The van der Waals surface area contributed by atoms with Crippen LogP contribution in [-0.4, -0.2) is 55.1 Å². The highest BCUT2D eigenvalue weighted by Gasteiger charge is 2.55. The first-order valence-electron chi connectivity index (χ1n) is 9.74. The highest BCUT2D eigenvalue weighted by Crippen LogP contribution is 2.32. The molecule has 0 saturated carbocycles. The van der Waals surface area contributed by atoms with Crippen LogP contribution in [0.3, 0.4) is 0 Å². The maximum absolute atomic E-state index is 13.0. The van der Waals surface area contributed by atoms with Gasteiger partial charge < -0.3 is 14.8 Å². The van der Waals surface area contributed by atoms with Crippen molar-refractivity contribution < 1.29 is 23.9 Å². The van der Waals surface area contributed by atoms with Gasteiger partial charge in [-0.1, -0.05) is 5.22 Å². The maximum Gasteiger partial charge on any atom is 0.263 e. The van der Waals surface area contributed by atoms with Crippen LogP contribution in [0.1, 0.15) is 6.92 Å². The second-order valence-corrected chi connectivity index (χ2v) is 6.91. The van der Waals surface area contributed by atoms with Crippen molar-refractivity contribution in [1.29, 1.82) is 0 Å². The number of amides is 3. The van der Waals surface area contributed by atoms with E-state index in [1.807, 2.05) is 6.92 Å². The predicted octanol–water partition coefficient (Wildman–Crippen LogP) is 2.03. The first-order valence-corrected chi connectivity index (χ1v) is 9.74. The van der Waals surface area contributed by atoms with Crippen molar-refractivity contribution in [2.75, 3.05) is 30.5 Å². The number of nitrogens with one attached hydrogen (secondary N) is 1. The maximum atomic E-state index is 13.0. The smallest absolute Gasteiger partial charge is 0.263 e. The molecule has 2 aromatic rings. The molecule has 10 nitrogen and oxygen atoms in total. The van der Waals surface area contributed by atoms with Crippen LogP contribution in [0.4, 0.5) is 11.4 Å². The van der Waals surface area contributed by atoms with Gasteiger partial charge in [-0.05, 0) is 55.5 Å². The molecule has 2 heterocycles. The lowest BCUT2D eigenvalue weighted by Crippen LogP contribution is -2.43. The van der Waals surface area contributed by atoms with Crippen LogP contribution in [-0.2, 0) is 14.4 Å². The van der Waals surface area contributed by atoms with Crippen LogP contribution >= 0.6 is 0 Å². The van der Waals surface area contributed by atoms with E-state index in [1.54, 1.807) is 48.5 Å². The second-order valence-electron chi connectivity index (χ2n) is 6.91. The molecular weight excluding hydrogens is 402 g/mol. The van der Waals surface area contributed by atoms with Gasteiger partial charge in [-0.25, -0.2) is 4.90 Å². The zero-order chi connectivity index (χ0) is 22.0. The monoisotopic (exact) mass is 423 g/mol. The summed E-state index contributed by atoms with van der Waals surface area (Å²) in [5.41, 5.74) is 0.994. The predicted molar refractivity (Wildman–Crippen MR) is 111 cm³/mol. The molecule has 1 fully saturated rings. The van der Waals surface area contributed by atoms with Gasteiger partial charge in [-0.2, -0.15) is 5.11 Å². The molecule has 2 aromatic carbocycles. The summed E-state index contributed by atoms with van der Waals surface area (Å²) >= 11 is 0. The summed E-state index contributed by atoms with van der Waals surface area (Å²) in [5.74, 6) is -0.0232. The minimum atomic E-state index is -0.965. The summed E-state index contributed by atoms with van der Waals surface area (Å²) in [6.07, 6.45) is 0. The number of methoxy groups -OCH3 is 1. The van der Waals surface area contributed by atoms with Gasteiger partial charge in [0.15, 0.2) is 12.1 Å². The van der Waals surface area contributed by atoms with E-state index in [0.717, 1.165) is 4.90 Å². The minimum Gasteiger partial charge on any atom is -0.497 e.